The lowest BCUT2D eigenvalue weighted by molar-refractivity contribution is -0.115. The number of carbonyl (C=O) groups is 2. The molecule has 6 heteroatoms. The van der Waals surface area contributed by atoms with Gasteiger partial charge in [-0.1, -0.05) is 0 Å². The SMILES string of the molecule is CC1Sc2ccc(NC(=O)Cl)cc2NC1=O. The number of halogens is 1. The van der Waals surface area contributed by atoms with Crippen molar-refractivity contribution in [3.8, 4) is 0 Å². The fraction of sp³-hybridized carbons (Fsp3) is 0.200. The van der Waals surface area contributed by atoms with Crippen LogP contribution in [0.15, 0.2) is 23.1 Å². The molecule has 0 aromatic heterocycles. The molecule has 4 nitrogen and oxygen atoms in total. The maximum Gasteiger partial charge on any atom is 0.318 e. The third-order valence-electron chi connectivity index (χ3n) is 2.15. The first kappa shape index (κ1) is 11.3. The molecule has 16 heavy (non-hydrogen) atoms. The minimum Gasteiger partial charge on any atom is -0.324 e. The van der Waals surface area contributed by atoms with Crippen LogP contribution in [-0.4, -0.2) is 16.5 Å². The average molecular weight is 257 g/mol. The van der Waals surface area contributed by atoms with Gasteiger partial charge >= 0.3 is 5.37 Å². The molecule has 2 N–H and O–H groups in total. The molecule has 0 spiro atoms. The van der Waals surface area contributed by atoms with Gasteiger partial charge in [0.2, 0.25) is 5.91 Å². The van der Waals surface area contributed by atoms with E-state index in [-0.39, 0.29) is 11.2 Å². The lowest BCUT2D eigenvalue weighted by Gasteiger charge is -2.21. The van der Waals surface area contributed by atoms with Gasteiger partial charge < -0.3 is 10.6 Å². The van der Waals surface area contributed by atoms with E-state index in [1.54, 1.807) is 12.1 Å². The van der Waals surface area contributed by atoms with E-state index in [0.717, 1.165) is 4.90 Å². The molecule has 1 heterocycles. The zero-order valence-corrected chi connectivity index (χ0v) is 9.98. The highest BCUT2D eigenvalue weighted by atomic mass is 35.5. The van der Waals surface area contributed by atoms with Crippen LogP contribution in [0.1, 0.15) is 6.92 Å². The highest BCUT2D eigenvalue weighted by molar-refractivity contribution is 8.00. The van der Waals surface area contributed by atoms with E-state index in [1.807, 2.05) is 13.0 Å². The molecule has 84 valence electrons. The van der Waals surface area contributed by atoms with Gasteiger partial charge in [0.1, 0.15) is 0 Å². The summed E-state index contributed by atoms with van der Waals surface area (Å²) >= 11 is 6.69. The second kappa shape index (κ2) is 4.35. The Morgan fingerprint density at radius 2 is 2.31 bits per heavy atom. The Labute approximate surface area is 102 Å². The molecule has 0 radical (unpaired) electrons. The van der Waals surface area contributed by atoms with Crippen LogP contribution >= 0.6 is 23.4 Å². The van der Waals surface area contributed by atoms with Crippen molar-refractivity contribution in [1.82, 2.24) is 0 Å². The summed E-state index contributed by atoms with van der Waals surface area (Å²) in [5.74, 6) is -0.0353. The van der Waals surface area contributed by atoms with Gasteiger partial charge in [0.25, 0.3) is 0 Å². The summed E-state index contributed by atoms with van der Waals surface area (Å²) in [5.41, 5.74) is 1.27. The highest BCUT2D eigenvalue weighted by Crippen LogP contribution is 2.36. The second-order valence-electron chi connectivity index (χ2n) is 3.36. The fourth-order valence-corrected chi connectivity index (χ4v) is 2.44. The second-order valence-corrected chi connectivity index (χ2v) is 5.08. The minimum absolute atomic E-state index is 0.0353. The molecular formula is C10H9ClN2O2S. The van der Waals surface area contributed by atoms with E-state index in [2.05, 4.69) is 10.6 Å². The molecular weight excluding hydrogens is 248 g/mol. The average Bonchev–Trinajstić information content (AvgIpc) is 2.19. The molecule has 1 aromatic rings. The number of benzene rings is 1. The molecule has 1 aliphatic heterocycles. The van der Waals surface area contributed by atoms with Crippen molar-refractivity contribution >= 4 is 46.0 Å². The van der Waals surface area contributed by atoms with Gasteiger partial charge in [-0.3, -0.25) is 9.59 Å². The largest absolute Gasteiger partial charge is 0.324 e. The molecule has 2 rings (SSSR count). The van der Waals surface area contributed by atoms with Crippen molar-refractivity contribution in [3.63, 3.8) is 0 Å². The van der Waals surface area contributed by atoms with E-state index < -0.39 is 5.37 Å². The topological polar surface area (TPSA) is 58.2 Å². The molecule has 0 aliphatic carbocycles. The first-order chi connectivity index (χ1) is 7.56. The molecule has 0 bridgehead atoms. The molecule has 1 atom stereocenters. The van der Waals surface area contributed by atoms with Crippen LogP contribution in [0.3, 0.4) is 0 Å². The molecule has 0 saturated carbocycles. The maximum atomic E-state index is 11.4. The van der Waals surface area contributed by atoms with Gasteiger partial charge in [0.15, 0.2) is 0 Å². The summed E-state index contributed by atoms with van der Waals surface area (Å²) in [4.78, 5) is 23.1. The van der Waals surface area contributed by atoms with Crippen molar-refractivity contribution < 1.29 is 9.59 Å². The Morgan fingerprint density at radius 3 is 3.00 bits per heavy atom. The summed E-state index contributed by atoms with van der Waals surface area (Å²) in [6.07, 6.45) is 0. The molecule has 0 fully saturated rings. The number of fused-ring (bicyclic) bond motifs is 1. The van der Waals surface area contributed by atoms with Crippen LogP contribution < -0.4 is 10.6 Å². The molecule has 2 amide bonds. The standard InChI is InChI=1S/C10H9ClN2O2S/c1-5-9(14)13-7-4-6(12-10(11)15)2-3-8(7)16-5/h2-5H,1H3,(H,12,15)(H,13,14). The van der Waals surface area contributed by atoms with Gasteiger partial charge in [0, 0.05) is 10.6 Å². The number of hydrogen-bond acceptors (Lipinski definition) is 3. The monoisotopic (exact) mass is 256 g/mol. The first-order valence-electron chi connectivity index (χ1n) is 4.64. The van der Waals surface area contributed by atoms with Crippen molar-refractivity contribution in [2.75, 3.05) is 10.6 Å². The molecule has 0 saturated heterocycles. The van der Waals surface area contributed by atoms with Crippen molar-refractivity contribution in [1.29, 1.82) is 0 Å². The zero-order valence-electron chi connectivity index (χ0n) is 8.41. The van der Waals surface area contributed by atoms with Crippen molar-refractivity contribution in [2.24, 2.45) is 0 Å². The van der Waals surface area contributed by atoms with Crippen LogP contribution in [-0.2, 0) is 4.79 Å². The zero-order chi connectivity index (χ0) is 11.7. The number of carbonyl (C=O) groups excluding carboxylic acids is 2. The summed E-state index contributed by atoms with van der Waals surface area (Å²) in [6, 6.07) is 5.28. The predicted octanol–water partition coefficient (Wildman–Crippen LogP) is 2.89. The first-order valence-corrected chi connectivity index (χ1v) is 5.90. The fourth-order valence-electron chi connectivity index (χ4n) is 1.40. The third-order valence-corrected chi connectivity index (χ3v) is 3.43. The van der Waals surface area contributed by atoms with E-state index in [4.69, 9.17) is 11.6 Å². The Kier molecular flexibility index (Phi) is 3.07. The lowest BCUT2D eigenvalue weighted by atomic mass is 10.2. The summed E-state index contributed by atoms with van der Waals surface area (Å²) in [7, 11) is 0. The number of hydrogen-bond donors (Lipinski definition) is 2. The van der Waals surface area contributed by atoms with Crippen LogP contribution in [0.2, 0.25) is 0 Å². The van der Waals surface area contributed by atoms with E-state index >= 15 is 0 Å². The Hall–Kier alpha value is -1.20. The van der Waals surface area contributed by atoms with Crippen LogP contribution in [0.25, 0.3) is 0 Å². The molecule has 1 aromatic carbocycles. The van der Waals surface area contributed by atoms with Gasteiger partial charge in [-0.15, -0.1) is 11.8 Å². The predicted molar refractivity (Wildman–Crippen MR) is 65.3 cm³/mol. The number of thioether (sulfide) groups is 1. The summed E-state index contributed by atoms with van der Waals surface area (Å²) in [5, 5.41) is 4.47. The van der Waals surface area contributed by atoms with Gasteiger partial charge in [-0.2, -0.15) is 0 Å². The number of amides is 2. The molecule has 1 aliphatic rings. The maximum absolute atomic E-state index is 11.4. The smallest absolute Gasteiger partial charge is 0.318 e. The van der Waals surface area contributed by atoms with E-state index in [0.29, 0.717) is 11.4 Å². The number of anilines is 2. The van der Waals surface area contributed by atoms with Crippen LogP contribution in [0.5, 0.6) is 0 Å². The number of nitrogens with one attached hydrogen (secondary N) is 2. The minimum atomic E-state index is -0.650. The van der Waals surface area contributed by atoms with E-state index in [9.17, 15) is 9.59 Å². The van der Waals surface area contributed by atoms with Crippen molar-refractivity contribution in [3.05, 3.63) is 18.2 Å². The summed E-state index contributed by atoms with van der Waals surface area (Å²) < 4.78 is 0. The lowest BCUT2D eigenvalue weighted by Crippen LogP contribution is -2.26. The van der Waals surface area contributed by atoms with Crippen LogP contribution in [0, 0.1) is 0 Å². The van der Waals surface area contributed by atoms with Gasteiger partial charge in [0.05, 0.1) is 10.9 Å². The Bertz CT molecular complexity index is 464. The highest BCUT2D eigenvalue weighted by Gasteiger charge is 2.22. The van der Waals surface area contributed by atoms with Gasteiger partial charge in [-0.25, -0.2) is 0 Å². The number of rotatable bonds is 1. The third kappa shape index (κ3) is 2.31. The Morgan fingerprint density at radius 1 is 1.56 bits per heavy atom. The quantitative estimate of drug-likeness (QED) is 0.600. The van der Waals surface area contributed by atoms with Gasteiger partial charge in [-0.05, 0) is 36.7 Å². The Balaban J connectivity index is 2.29. The van der Waals surface area contributed by atoms with E-state index in [1.165, 1.54) is 11.8 Å². The van der Waals surface area contributed by atoms with Crippen LogP contribution in [0.4, 0.5) is 16.2 Å². The summed E-state index contributed by atoms with van der Waals surface area (Å²) in [6.45, 7) is 1.84. The normalized spacial score (nSPS) is 18.6. The molecule has 1 unspecified atom stereocenters. The van der Waals surface area contributed by atoms with Crippen molar-refractivity contribution in [2.45, 2.75) is 17.1 Å².